The predicted octanol–water partition coefficient (Wildman–Crippen LogP) is 3.75. The molecule has 0 aliphatic carbocycles. The minimum atomic E-state index is -2.56. The van der Waals surface area contributed by atoms with E-state index in [9.17, 15) is 0 Å². The van der Waals surface area contributed by atoms with Gasteiger partial charge in [0.05, 0.1) is 12.4 Å². The number of rotatable bonds is 11. The fourth-order valence-electron chi connectivity index (χ4n) is 1.77. The normalized spacial score (nSPS) is 14.3. The highest BCUT2D eigenvalue weighted by Gasteiger charge is 2.41. The molecule has 0 saturated heterocycles. The summed E-state index contributed by atoms with van der Waals surface area (Å²) in [6, 6.07) is 0.783. The SMILES string of the molecule is CC=COC(C)CC[Si](OCC)(OCC)OC(C)C. The highest BCUT2D eigenvalue weighted by Crippen LogP contribution is 2.22. The van der Waals surface area contributed by atoms with Crippen LogP contribution in [0.2, 0.25) is 6.04 Å². The maximum Gasteiger partial charge on any atom is 0.501 e. The smallest absolute Gasteiger partial charge is 0.499 e. The molecule has 1 atom stereocenters. The van der Waals surface area contributed by atoms with Crippen LogP contribution in [0, 0.1) is 0 Å². The van der Waals surface area contributed by atoms with E-state index in [0.29, 0.717) is 13.2 Å². The van der Waals surface area contributed by atoms with Crippen LogP contribution >= 0.6 is 0 Å². The van der Waals surface area contributed by atoms with Crippen molar-refractivity contribution in [3.63, 3.8) is 0 Å². The monoisotopic (exact) mass is 290 g/mol. The van der Waals surface area contributed by atoms with Gasteiger partial charge in [0.25, 0.3) is 0 Å². The summed E-state index contributed by atoms with van der Waals surface area (Å²) in [6.07, 6.45) is 4.72. The third kappa shape index (κ3) is 8.42. The van der Waals surface area contributed by atoms with Crippen LogP contribution in [0.4, 0.5) is 0 Å². The van der Waals surface area contributed by atoms with E-state index in [1.165, 1.54) is 0 Å². The van der Waals surface area contributed by atoms with Gasteiger partial charge in [-0.05, 0) is 48.0 Å². The average Bonchev–Trinajstić information content (AvgIpc) is 2.33. The molecular weight excluding hydrogens is 260 g/mol. The fourth-order valence-corrected chi connectivity index (χ4v) is 4.76. The second kappa shape index (κ2) is 10.4. The molecule has 0 amide bonds. The minimum absolute atomic E-state index is 0.108. The zero-order valence-electron chi connectivity index (χ0n) is 13.3. The quantitative estimate of drug-likeness (QED) is 0.429. The third-order valence-electron chi connectivity index (χ3n) is 2.45. The lowest BCUT2D eigenvalue weighted by molar-refractivity contribution is 0.0398. The molecule has 0 heterocycles. The predicted molar refractivity (Wildman–Crippen MR) is 80.0 cm³/mol. The highest BCUT2D eigenvalue weighted by molar-refractivity contribution is 6.60. The zero-order chi connectivity index (χ0) is 14.7. The van der Waals surface area contributed by atoms with Crippen LogP contribution in [0.15, 0.2) is 12.3 Å². The molecule has 0 aromatic carbocycles. The Balaban J connectivity index is 4.53. The van der Waals surface area contributed by atoms with E-state index in [4.69, 9.17) is 18.0 Å². The first-order chi connectivity index (χ1) is 8.99. The maximum absolute atomic E-state index is 5.99. The van der Waals surface area contributed by atoms with Gasteiger partial charge in [-0.1, -0.05) is 6.08 Å². The summed E-state index contributed by atoms with van der Waals surface area (Å²) in [4.78, 5) is 0. The lowest BCUT2D eigenvalue weighted by Gasteiger charge is -2.31. The first-order valence-electron chi connectivity index (χ1n) is 7.22. The average molecular weight is 290 g/mol. The van der Waals surface area contributed by atoms with E-state index in [2.05, 4.69) is 0 Å². The minimum Gasteiger partial charge on any atom is -0.499 e. The van der Waals surface area contributed by atoms with Gasteiger partial charge in [0.15, 0.2) is 0 Å². The molecular formula is C14H30O4Si. The van der Waals surface area contributed by atoms with Crippen molar-refractivity contribution < 1.29 is 18.0 Å². The van der Waals surface area contributed by atoms with Crippen molar-refractivity contribution in [2.45, 2.75) is 66.2 Å². The summed E-state index contributed by atoms with van der Waals surface area (Å²) in [5.74, 6) is 0. The molecule has 114 valence electrons. The van der Waals surface area contributed by atoms with Crippen molar-refractivity contribution in [3.8, 4) is 0 Å². The largest absolute Gasteiger partial charge is 0.501 e. The number of ether oxygens (including phenoxy) is 1. The van der Waals surface area contributed by atoms with E-state index >= 15 is 0 Å². The van der Waals surface area contributed by atoms with Crippen LogP contribution in [-0.4, -0.2) is 34.2 Å². The molecule has 4 nitrogen and oxygen atoms in total. The number of hydrogen-bond donors (Lipinski definition) is 0. The van der Waals surface area contributed by atoms with Gasteiger partial charge in [-0.15, -0.1) is 0 Å². The third-order valence-corrected chi connectivity index (χ3v) is 5.64. The summed E-state index contributed by atoms with van der Waals surface area (Å²) in [6.45, 7) is 13.2. The molecule has 0 N–H and O–H groups in total. The zero-order valence-corrected chi connectivity index (χ0v) is 14.3. The van der Waals surface area contributed by atoms with Crippen molar-refractivity contribution in [1.29, 1.82) is 0 Å². The van der Waals surface area contributed by atoms with Crippen LogP contribution in [0.5, 0.6) is 0 Å². The molecule has 0 aliphatic rings. The molecule has 0 rings (SSSR count). The molecule has 0 aliphatic heterocycles. The number of allylic oxidation sites excluding steroid dienone is 1. The van der Waals surface area contributed by atoms with E-state index in [0.717, 1.165) is 12.5 Å². The topological polar surface area (TPSA) is 36.9 Å². The molecule has 0 bridgehead atoms. The second-order valence-corrected chi connectivity index (χ2v) is 7.35. The van der Waals surface area contributed by atoms with Crippen LogP contribution in [-0.2, 0) is 18.0 Å². The van der Waals surface area contributed by atoms with Gasteiger partial charge < -0.3 is 18.0 Å². The van der Waals surface area contributed by atoms with Crippen LogP contribution in [0.3, 0.4) is 0 Å². The number of hydrogen-bond acceptors (Lipinski definition) is 4. The Labute approximate surface area is 119 Å². The Bertz CT molecular complexity index is 238. The van der Waals surface area contributed by atoms with Gasteiger partial charge in [-0.3, -0.25) is 0 Å². The summed E-state index contributed by atoms with van der Waals surface area (Å²) < 4.78 is 23.2. The molecule has 5 heteroatoms. The van der Waals surface area contributed by atoms with Gasteiger partial charge >= 0.3 is 8.80 Å². The van der Waals surface area contributed by atoms with Gasteiger partial charge in [0.1, 0.15) is 0 Å². The standard InChI is InChI=1S/C14H30O4Si/c1-7-11-15-14(6)10-12-19(16-8-2,17-9-3)18-13(4)5/h7,11,13-14H,8-10,12H2,1-6H3. The summed E-state index contributed by atoms with van der Waals surface area (Å²) in [5, 5.41) is 0. The Hall–Kier alpha value is -0.363. The van der Waals surface area contributed by atoms with Gasteiger partial charge in [0, 0.05) is 25.4 Å². The van der Waals surface area contributed by atoms with Gasteiger partial charge in [0.2, 0.25) is 0 Å². The van der Waals surface area contributed by atoms with Crippen molar-refractivity contribution in [2.24, 2.45) is 0 Å². The fraction of sp³-hybridized carbons (Fsp3) is 0.857. The lowest BCUT2D eigenvalue weighted by Crippen LogP contribution is -2.48. The van der Waals surface area contributed by atoms with Crippen molar-refractivity contribution in [3.05, 3.63) is 12.3 Å². The lowest BCUT2D eigenvalue weighted by atomic mass is 10.3. The van der Waals surface area contributed by atoms with Gasteiger partial charge in [-0.25, -0.2) is 0 Å². The molecule has 0 radical (unpaired) electrons. The Morgan fingerprint density at radius 3 is 2.05 bits per heavy atom. The van der Waals surface area contributed by atoms with Crippen molar-refractivity contribution in [1.82, 2.24) is 0 Å². The van der Waals surface area contributed by atoms with E-state index in [1.807, 2.05) is 47.6 Å². The van der Waals surface area contributed by atoms with E-state index < -0.39 is 8.80 Å². The molecule has 19 heavy (non-hydrogen) atoms. The summed E-state index contributed by atoms with van der Waals surface area (Å²) in [7, 11) is -2.56. The van der Waals surface area contributed by atoms with E-state index in [1.54, 1.807) is 6.26 Å². The highest BCUT2D eigenvalue weighted by atomic mass is 28.4. The Morgan fingerprint density at radius 2 is 1.63 bits per heavy atom. The molecule has 0 saturated carbocycles. The molecule has 0 aromatic heterocycles. The summed E-state index contributed by atoms with van der Waals surface area (Å²) in [5.41, 5.74) is 0. The first kappa shape index (κ1) is 18.6. The van der Waals surface area contributed by atoms with Crippen LogP contribution < -0.4 is 0 Å². The molecule has 0 aromatic rings. The maximum atomic E-state index is 5.99. The first-order valence-corrected chi connectivity index (χ1v) is 9.15. The molecule has 0 spiro atoms. The molecule has 0 fully saturated rings. The molecule has 1 unspecified atom stereocenters. The second-order valence-electron chi connectivity index (χ2n) is 4.67. The van der Waals surface area contributed by atoms with E-state index in [-0.39, 0.29) is 12.2 Å². The van der Waals surface area contributed by atoms with Crippen molar-refractivity contribution >= 4 is 8.80 Å². The Morgan fingerprint density at radius 1 is 1.05 bits per heavy atom. The van der Waals surface area contributed by atoms with Crippen LogP contribution in [0.25, 0.3) is 0 Å². The van der Waals surface area contributed by atoms with Crippen LogP contribution in [0.1, 0.15) is 48.0 Å². The van der Waals surface area contributed by atoms with Crippen molar-refractivity contribution in [2.75, 3.05) is 13.2 Å². The Kier molecular flexibility index (Phi) is 10.2. The van der Waals surface area contributed by atoms with Gasteiger partial charge in [-0.2, -0.15) is 0 Å². The summed E-state index contributed by atoms with van der Waals surface area (Å²) >= 11 is 0.